The van der Waals surface area contributed by atoms with Crippen LogP contribution in [0, 0.1) is 10.5 Å². The largest absolute Gasteiger partial charge is 0.465 e. The van der Waals surface area contributed by atoms with Crippen molar-refractivity contribution >= 4 is 18.2 Å². The molecule has 3 nitrogen and oxygen atoms in total. The summed E-state index contributed by atoms with van der Waals surface area (Å²) in [5.41, 5.74) is 1.35. The van der Waals surface area contributed by atoms with Crippen LogP contribution in [-0.2, 0) is 4.74 Å². The Morgan fingerprint density at radius 3 is 2.78 bits per heavy atom. The lowest BCUT2D eigenvalue weighted by atomic mass is 10.1. The fourth-order valence-electron chi connectivity index (χ4n) is 1.60. The van der Waals surface area contributed by atoms with Crippen LogP contribution in [0.1, 0.15) is 10.4 Å². The highest BCUT2D eigenvalue weighted by molar-refractivity contribution is 7.71. The van der Waals surface area contributed by atoms with Gasteiger partial charge in [-0.25, -0.2) is 9.18 Å². The lowest BCUT2D eigenvalue weighted by molar-refractivity contribution is 0.0600. The van der Waals surface area contributed by atoms with Crippen molar-refractivity contribution in [1.29, 1.82) is 0 Å². The van der Waals surface area contributed by atoms with E-state index in [2.05, 4.69) is 9.72 Å². The molecule has 18 heavy (non-hydrogen) atoms. The third-order valence-corrected chi connectivity index (χ3v) is 2.64. The number of benzene rings is 1. The summed E-state index contributed by atoms with van der Waals surface area (Å²) >= 11 is 5.00. The zero-order chi connectivity index (χ0) is 13.1. The van der Waals surface area contributed by atoms with E-state index in [0.29, 0.717) is 15.9 Å². The van der Waals surface area contributed by atoms with Gasteiger partial charge < -0.3 is 9.72 Å². The van der Waals surface area contributed by atoms with Gasteiger partial charge in [0.1, 0.15) is 10.5 Å². The Hall–Kier alpha value is -2.01. The maximum absolute atomic E-state index is 13.5. The van der Waals surface area contributed by atoms with Crippen molar-refractivity contribution in [2.24, 2.45) is 0 Å². The number of H-pyrrole nitrogens is 1. The smallest absolute Gasteiger partial charge is 0.337 e. The molecule has 0 fully saturated rings. The molecule has 1 heterocycles. The van der Waals surface area contributed by atoms with Crippen molar-refractivity contribution in [2.75, 3.05) is 7.11 Å². The number of rotatable bonds is 2. The molecule has 1 N–H and O–H groups in total. The van der Waals surface area contributed by atoms with E-state index >= 15 is 0 Å². The topological polar surface area (TPSA) is 42.1 Å². The normalized spacial score (nSPS) is 10.1. The Kier molecular flexibility index (Phi) is 3.53. The first-order chi connectivity index (χ1) is 8.60. The Balaban J connectivity index is 2.55. The fraction of sp³-hybridized carbons (Fsp3) is 0.0769. The standard InChI is InChI=1S/C13H10FNO2S/c1-17-13(16)9-5-8(6-10(14)7-9)11-3-2-4-12(18)15-11/h2-7H,1H3,(H,15,18). The molecule has 0 atom stereocenters. The van der Waals surface area contributed by atoms with E-state index in [1.165, 1.54) is 13.2 Å². The van der Waals surface area contributed by atoms with Crippen LogP contribution in [0.5, 0.6) is 0 Å². The second-order valence-electron chi connectivity index (χ2n) is 3.65. The van der Waals surface area contributed by atoms with Crippen molar-refractivity contribution in [3.05, 3.63) is 52.4 Å². The van der Waals surface area contributed by atoms with Crippen LogP contribution in [0.3, 0.4) is 0 Å². The number of carbonyl (C=O) groups is 1. The number of ether oxygens (including phenoxy) is 1. The van der Waals surface area contributed by atoms with E-state index in [9.17, 15) is 9.18 Å². The van der Waals surface area contributed by atoms with Crippen LogP contribution in [0.2, 0.25) is 0 Å². The number of hydrogen-bond acceptors (Lipinski definition) is 3. The Morgan fingerprint density at radius 2 is 2.11 bits per heavy atom. The van der Waals surface area contributed by atoms with Gasteiger partial charge in [0.2, 0.25) is 0 Å². The first-order valence-corrected chi connectivity index (χ1v) is 5.59. The molecule has 5 heteroatoms. The highest BCUT2D eigenvalue weighted by Gasteiger charge is 2.10. The maximum atomic E-state index is 13.5. The predicted octanol–water partition coefficient (Wildman–Crippen LogP) is 3.34. The minimum absolute atomic E-state index is 0.163. The van der Waals surface area contributed by atoms with Crippen LogP contribution in [0.4, 0.5) is 4.39 Å². The van der Waals surface area contributed by atoms with Crippen LogP contribution < -0.4 is 0 Å². The summed E-state index contributed by atoms with van der Waals surface area (Å²) in [4.78, 5) is 14.3. The molecule has 0 bridgehead atoms. The maximum Gasteiger partial charge on any atom is 0.337 e. The highest BCUT2D eigenvalue weighted by Crippen LogP contribution is 2.20. The number of hydrogen-bond donors (Lipinski definition) is 1. The van der Waals surface area contributed by atoms with Gasteiger partial charge in [-0.1, -0.05) is 18.3 Å². The molecule has 0 saturated carbocycles. The van der Waals surface area contributed by atoms with E-state index in [4.69, 9.17) is 12.2 Å². The van der Waals surface area contributed by atoms with Gasteiger partial charge in [-0.3, -0.25) is 0 Å². The SMILES string of the molecule is COC(=O)c1cc(F)cc(-c2cccc(=S)[nH]2)c1. The Bertz CT molecular complexity index is 651. The van der Waals surface area contributed by atoms with E-state index in [1.807, 2.05) is 0 Å². The number of esters is 1. The first kappa shape index (κ1) is 12.4. The molecule has 0 aliphatic heterocycles. The molecule has 0 saturated heterocycles. The zero-order valence-corrected chi connectivity index (χ0v) is 10.4. The molecule has 0 amide bonds. The van der Waals surface area contributed by atoms with Crippen LogP contribution >= 0.6 is 12.2 Å². The van der Waals surface area contributed by atoms with Gasteiger partial charge in [0.25, 0.3) is 0 Å². The second-order valence-corrected chi connectivity index (χ2v) is 4.09. The van der Waals surface area contributed by atoms with Gasteiger partial charge in [0, 0.05) is 11.3 Å². The number of methoxy groups -OCH3 is 1. The summed E-state index contributed by atoms with van der Waals surface area (Å²) in [5.74, 6) is -1.08. The number of pyridine rings is 1. The molecule has 0 spiro atoms. The van der Waals surface area contributed by atoms with Crippen molar-refractivity contribution in [3.8, 4) is 11.3 Å². The van der Waals surface area contributed by atoms with Crippen molar-refractivity contribution < 1.29 is 13.9 Å². The van der Waals surface area contributed by atoms with E-state index < -0.39 is 11.8 Å². The first-order valence-electron chi connectivity index (χ1n) is 5.19. The summed E-state index contributed by atoms with van der Waals surface area (Å²) in [6.45, 7) is 0. The number of carbonyl (C=O) groups excluding carboxylic acids is 1. The summed E-state index contributed by atoms with van der Waals surface area (Å²) in [6.07, 6.45) is 0. The minimum Gasteiger partial charge on any atom is -0.465 e. The second kappa shape index (κ2) is 5.10. The lowest BCUT2D eigenvalue weighted by Gasteiger charge is -2.05. The molecular formula is C13H10FNO2S. The molecule has 2 rings (SSSR count). The van der Waals surface area contributed by atoms with Crippen molar-refractivity contribution in [3.63, 3.8) is 0 Å². The number of aromatic amines is 1. The molecular weight excluding hydrogens is 253 g/mol. The third-order valence-electron chi connectivity index (χ3n) is 2.40. The fourth-order valence-corrected chi connectivity index (χ4v) is 1.79. The average Bonchev–Trinajstić information content (AvgIpc) is 2.37. The van der Waals surface area contributed by atoms with Crippen molar-refractivity contribution in [1.82, 2.24) is 4.98 Å². The van der Waals surface area contributed by atoms with E-state index in [0.717, 1.165) is 6.07 Å². The molecule has 0 unspecified atom stereocenters. The minimum atomic E-state index is -0.578. The van der Waals surface area contributed by atoms with Gasteiger partial charge in [-0.15, -0.1) is 0 Å². The van der Waals surface area contributed by atoms with Gasteiger partial charge in [-0.2, -0.15) is 0 Å². The van der Waals surface area contributed by atoms with Gasteiger partial charge in [0.05, 0.1) is 12.7 Å². The summed E-state index contributed by atoms with van der Waals surface area (Å²) < 4.78 is 18.6. The molecule has 0 radical (unpaired) electrons. The number of aromatic nitrogens is 1. The number of halogens is 1. The highest BCUT2D eigenvalue weighted by atomic mass is 32.1. The van der Waals surface area contributed by atoms with Gasteiger partial charge >= 0.3 is 5.97 Å². The van der Waals surface area contributed by atoms with Crippen LogP contribution in [0.15, 0.2) is 36.4 Å². The Morgan fingerprint density at radius 1 is 1.33 bits per heavy atom. The third kappa shape index (κ3) is 2.62. The molecule has 2 aromatic rings. The van der Waals surface area contributed by atoms with Crippen LogP contribution in [-0.4, -0.2) is 18.1 Å². The average molecular weight is 263 g/mol. The monoisotopic (exact) mass is 263 g/mol. The van der Waals surface area contributed by atoms with E-state index in [-0.39, 0.29) is 5.56 Å². The number of nitrogens with one attached hydrogen (secondary N) is 1. The zero-order valence-electron chi connectivity index (χ0n) is 9.57. The van der Waals surface area contributed by atoms with E-state index in [1.54, 1.807) is 24.3 Å². The summed E-state index contributed by atoms with van der Waals surface area (Å²) in [5, 5.41) is 0. The van der Waals surface area contributed by atoms with Crippen molar-refractivity contribution in [2.45, 2.75) is 0 Å². The Labute approximate surface area is 108 Å². The quantitative estimate of drug-likeness (QED) is 0.667. The predicted molar refractivity (Wildman–Crippen MR) is 68.4 cm³/mol. The molecule has 1 aromatic heterocycles. The van der Waals surface area contributed by atoms with Crippen LogP contribution in [0.25, 0.3) is 11.3 Å². The molecule has 0 aliphatic rings. The van der Waals surface area contributed by atoms with Gasteiger partial charge in [0.15, 0.2) is 0 Å². The van der Waals surface area contributed by atoms with Gasteiger partial charge in [-0.05, 0) is 30.3 Å². The molecule has 1 aromatic carbocycles. The summed E-state index contributed by atoms with van der Waals surface area (Å²) in [6, 6.07) is 9.25. The summed E-state index contributed by atoms with van der Waals surface area (Å²) in [7, 11) is 1.25. The molecule has 92 valence electrons. The molecule has 0 aliphatic carbocycles. The lowest BCUT2D eigenvalue weighted by Crippen LogP contribution is -2.02.